The number of amides is 1. The van der Waals surface area contributed by atoms with Crippen molar-refractivity contribution in [2.24, 2.45) is 0 Å². The number of anilines is 2. The highest BCUT2D eigenvalue weighted by Gasteiger charge is 2.27. The van der Waals surface area contributed by atoms with Crippen LogP contribution >= 0.6 is 11.6 Å². The van der Waals surface area contributed by atoms with Crippen LogP contribution in [-0.4, -0.2) is 38.7 Å². The van der Waals surface area contributed by atoms with E-state index in [2.05, 4.69) is 5.32 Å². The molecule has 9 heteroatoms. The van der Waals surface area contributed by atoms with Crippen LogP contribution in [0.1, 0.15) is 6.92 Å². The van der Waals surface area contributed by atoms with Gasteiger partial charge in [-0.25, -0.2) is 8.42 Å². The zero-order valence-electron chi connectivity index (χ0n) is 17.3. The first-order valence-corrected chi connectivity index (χ1v) is 11.6. The first kappa shape index (κ1) is 23.6. The molecule has 0 aliphatic rings. The van der Waals surface area contributed by atoms with E-state index in [1.165, 1.54) is 31.2 Å². The SMILES string of the molecule is CC(=O)Nc1ccc(OCC(O)CN(c2ccccc2)S(=O)(=O)c2ccc(Cl)cc2)cc1. The minimum Gasteiger partial charge on any atom is -0.491 e. The van der Waals surface area contributed by atoms with Gasteiger partial charge >= 0.3 is 0 Å². The fourth-order valence-corrected chi connectivity index (χ4v) is 4.57. The van der Waals surface area contributed by atoms with Gasteiger partial charge in [-0.2, -0.15) is 0 Å². The van der Waals surface area contributed by atoms with Crippen molar-refractivity contribution in [3.63, 3.8) is 0 Å². The van der Waals surface area contributed by atoms with Crippen molar-refractivity contribution in [1.82, 2.24) is 0 Å². The smallest absolute Gasteiger partial charge is 0.264 e. The van der Waals surface area contributed by atoms with Crippen molar-refractivity contribution in [3.05, 3.63) is 83.9 Å². The molecule has 0 aromatic heterocycles. The van der Waals surface area contributed by atoms with Crippen LogP contribution in [0.4, 0.5) is 11.4 Å². The van der Waals surface area contributed by atoms with Crippen LogP contribution in [0.25, 0.3) is 0 Å². The zero-order chi connectivity index (χ0) is 23.1. The van der Waals surface area contributed by atoms with Crippen molar-refractivity contribution in [2.45, 2.75) is 17.9 Å². The summed E-state index contributed by atoms with van der Waals surface area (Å²) in [6.45, 7) is 1.08. The van der Waals surface area contributed by atoms with E-state index >= 15 is 0 Å². The van der Waals surface area contributed by atoms with Gasteiger partial charge in [0, 0.05) is 17.6 Å². The third kappa shape index (κ3) is 6.23. The van der Waals surface area contributed by atoms with Gasteiger partial charge in [-0.3, -0.25) is 9.10 Å². The number of para-hydroxylation sites is 1. The van der Waals surface area contributed by atoms with Gasteiger partial charge in [-0.05, 0) is 60.7 Å². The molecule has 2 N–H and O–H groups in total. The quantitative estimate of drug-likeness (QED) is 0.490. The van der Waals surface area contributed by atoms with Crippen molar-refractivity contribution in [2.75, 3.05) is 22.8 Å². The van der Waals surface area contributed by atoms with Gasteiger partial charge < -0.3 is 15.2 Å². The Kier molecular flexibility index (Phi) is 7.74. The Morgan fingerprint density at radius 3 is 2.25 bits per heavy atom. The van der Waals surface area contributed by atoms with Crippen molar-refractivity contribution in [1.29, 1.82) is 0 Å². The summed E-state index contributed by atoms with van der Waals surface area (Å²) in [6, 6.07) is 21.0. The number of aliphatic hydroxyl groups is 1. The van der Waals surface area contributed by atoms with Crippen LogP contribution in [0.5, 0.6) is 5.75 Å². The molecule has 0 radical (unpaired) electrons. The number of aliphatic hydroxyl groups excluding tert-OH is 1. The van der Waals surface area contributed by atoms with Gasteiger partial charge in [-0.1, -0.05) is 29.8 Å². The molecular formula is C23H23ClN2O5S. The van der Waals surface area contributed by atoms with E-state index in [1.807, 2.05) is 0 Å². The van der Waals surface area contributed by atoms with E-state index in [9.17, 15) is 18.3 Å². The van der Waals surface area contributed by atoms with Gasteiger partial charge in [0.05, 0.1) is 17.1 Å². The lowest BCUT2D eigenvalue weighted by atomic mass is 10.3. The number of rotatable bonds is 9. The number of ether oxygens (including phenoxy) is 1. The van der Waals surface area contributed by atoms with Crippen LogP contribution in [-0.2, 0) is 14.8 Å². The minimum atomic E-state index is -3.95. The lowest BCUT2D eigenvalue weighted by molar-refractivity contribution is -0.114. The third-order valence-electron chi connectivity index (χ3n) is 4.44. The lowest BCUT2D eigenvalue weighted by Crippen LogP contribution is -2.39. The first-order valence-electron chi connectivity index (χ1n) is 9.77. The highest BCUT2D eigenvalue weighted by molar-refractivity contribution is 7.92. The molecule has 0 heterocycles. The zero-order valence-corrected chi connectivity index (χ0v) is 18.9. The van der Waals surface area contributed by atoms with Gasteiger partial charge in [-0.15, -0.1) is 0 Å². The Labute approximate surface area is 192 Å². The highest BCUT2D eigenvalue weighted by atomic mass is 35.5. The summed E-state index contributed by atoms with van der Waals surface area (Å²) in [4.78, 5) is 11.2. The maximum absolute atomic E-state index is 13.3. The number of carbonyl (C=O) groups is 1. The number of nitrogens with one attached hydrogen (secondary N) is 1. The van der Waals surface area contributed by atoms with Crippen molar-refractivity contribution >= 4 is 38.9 Å². The van der Waals surface area contributed by atoms with E-state index in [4.69, 9.17) is 16.3 Å². The maximum atomic E-state index is 13.3. The van der Waals surface area contributed by atoms with E-state index in [0.717, 1.165) is 4.31 Å². The maximum Gasteiger partial charge on any atom is 0.264 e. The summed E-state index contributed by atoms with van der Waals surface area (Å²) in [6.07, 6.45) is -1.10. The molecule has 0 aliphatic carbocycles. The minimum absolute atomic E-state index is 0.0624. The monoisotopic (exact) mass is 474 g/mol. The normalized spacial score (nSPS) is 12.1. The van der Waals surface area contributed by atoms with E-state index in [1.54, 1.807) is 54.6 Å². The molecule has 3 rings (SSSR count). The fourth-order valence-electron chi connectivity index (χ4n) is 2.94. The molecule has 168 valence electrons. The summed E-state index contributed by atoms with van der Waals surface area (Å²) >= 11 is 5.89. The predicted molar refractivity (Wildman–Crippen MR) is 125 cm³/mol. The van der Waals surface area contributed by atoms with E-state index in [0.29, 0.717) is 22.1 Å². The predicted octanol–water partition coefficient (Wildman–Crippen LogP) is 3.93. The van der Waals surface area contributed by atoms with Crippen LogP contribution < -0.4 is 14.4 Å². The van der Waals surface area contributed by atoms with Gasteiger partial charge in [0.25, 0.3) is 10.0 Å². The van der Waals surface area contributed by atoms with Gasteiger partial charge in [0.2, 0.25) is 5.91 Å². The largest absolute Gasteiger partial charge is 0.491 e. The summed E-state index contributed by atoms with van der Waals surface area (Å²) in [5, 5.41) is 13.6. The van der Waals surface area contributed by atoms with Gasteiger partial charge in [0.1, 0.15) is 18.5 Å². The molecule has 7 nitrogen and oxygen atoms in total. The molecule has 1 unspecified atom stereocenters. The Hall–Kier alpha value is -3.07. The molecule has 3 aromatic rings. The number of halogens is 1. The molecule has 0 bridgehead atoms. The Morgan fingerprint density at radius 1 is 1.03 bits per heavy atom. The van der Waals surface area contributed by atoms with Crippen LogP contribution in [0, 0.1) is 0 Å². The molecule has 0 aliphatic heterocycles. The summed E-state index contributed by atoms with van der Waals surface area (Å²) in [5.74, 6) is 0.293. The molecule has 0 saturated heterocycles. The highest BCUT2D eigenvalue weighted by Crippen LogP contribution is 2.25. The topological polar surface area (TPSA) is 95.9 Å². The number of hydrogen-bond donors (Lipinski definition) is 2. The Balaban J connectivity index is 1.73. The standard InChI is InChI=1S/C23H23ClN2O5S/c1-17(27)25-19-9-11-22(12-10-19)31-16-21(28)15-26(20-5-3-2-4-6-20)32(29,30)23-13-7-18(24)8-14-23/h2-14,21,28H,15-16H2,1H3,(H,25,27). The van der Waals surface area contributed by atoms with E-state index in [-0.39, 0.29) is 24.0 Å². The molecule has 0 spiro atoms. The van der Waals surface area contributed by atoms with Crippen molar-refractivity contribution < 1.29 is 23.1 Å². The fraction of sp³-hybridized carbons (Fsp3) is 0.174. The molecule has 1 atom stereocenters. The van der Waals surface area contributed by atoms with Gasteiger partial charge in [0.15, 0.2) is 0 Å². The second-order valence-corrected chi connectivity index (χ2v) is 9.29. The summed E-state index contributed by atoms with van der Waals surface area (Å²) in [5.41, 5.74) is 1.04. The van der Waals surface area contributed by atoms with Crippen LogP contribution in [0.2, 0.25) is 5.02 Å². The number of benzene rings is 3. The number of nitrogens with zero attached hydrogens (tertiary/aromatic N) is 1. The number of sulfonamides is 1. The Bertz CT molecular complexity index is 1140. The number of carbonyl (C=O) groups excluding carboxylic acids is 1. The molecule has 3 aromatic carbocycles. The van der Waals surface area contributed by atoms with Crippen molar-refractivity contribution in [3.8, 4) is 5.75 Å². The average Bonchev–Trinajstić information content (AvgIpc) is 2.77. The average molecular weight is 475 g/mol. The Morgan fingerprint density at radius 2 is 1.66 bits per heavy atom. The lowest BCUT2D eigenvalue weighted by Gasteiger charge is -2.27. The molecule has 0 fully saturated rings. The summed E-state index contributed by atoms with van der Waals surface area (Å²) < 4.78 is 33.3. The molecule has 1 amide bonds. The first-order chi connectivity index (χ1) is 15.3. The second kappa shape index (κ2) is 10.5. The third-order valence-corrected chi connectivity index (χ3v) is 6.50. The molecule has 32 heavy (non-hydrogen) atoms. The van der Waals surface area contributed by atoms with E-state index < -0.39 is 16.1 Å². The van der Waals surface area contributed by atoms with Crippen LogP contribution in [0.3, 0.4) is 0 Å². The molecular weight excluding hydrogens is 452 g/mol. The number of hydrogen-bond acceptors (Lipinski definition) is 5. The summed E-state index contributed by atoms with van der Waals surface area (Å²) in [7, 11) is -3.95. The van der Waals surface area contributed by atoms with Crippen LogP contribution in [0.15, 0.2) is 83.8 Å². The molecule has 0 saturated carbocycles. The second-order valence-electron chi connectivity index (χ2n) is 7.00.